The molecule has 0 fully saturated rings. The molecule has 0 atom stereocenters. The summed E-state index contributed by atoms with van der Waals surface area (Å²) in [4.78, 5) is 10.5. The lowest BCUT2D eigenvalue weighted by Gasteiger charge is -2.26. The number of carbonyl (C=O) groups excluding carboxylic acids is 1. The topological polar surface area (TPSA) is 35.5 Å². The molecule has 3 nitrogen and oxygen atoms in total. The zero-order chi connectivity index (χ0) is 11.4. The van der Waals surface area contributed by atoms with Crippen molar-refractivity contribution in [1.29, 1.82) is 0 Å². The van der Waals surface area contributed by atoms with Crippen LogP contribution in [0.2, 0.25) is 0 Å². The van der Waals surface area contributed by atoms with Gasteiger partial charge in [0.15, 0.2) is 0 Å². The number of hydrogen-bond donors (Lipinski definition) is 0. The number of halogens is 1. The number of hydrogen-bond acceptors (Lipinski definition) is 3. The molecule has 0 saturated carbocycles. The van der Waals surface area contributed by atoms with Crippen molar-refractivity contribution >= 4 is 17.0 Å². The summed E-state index contributed by atoms with van der Waals surface area (Å²) in [6, 6.07) is 0. The third-order valence-electron chi connectivity index (χ3n) is 1.60. The molecule has 14 heavy (non-hydrogen) atoms. The van der Waals surface area contributed by atoms with E-state index in [4.69, 9.17) is 21.1 Å². The second kappa shape index (κ2) is 4.99. The van der Waals surface area contributed by atoms with Crippen LogP contribution >= 0.6 is 11.6 Å². The fourth-order valence-corrected chi connectivity index (χ4v) is 1.08. The second-order valence-corrected chi connectivity index (χ2v) is 5.12. The van der Waals surface area contributed by atoms with E-state index in [1.54, 1.807) is 13.8 Å². The average molecular weight is 223 g/mol. The van der Waals surface area contributed by atoms with Gasteiger partial charge in [0.05, 0.1) is 12.2 Å². The largest absolute Gasteiger partial charge is 0.448 e. The van der Waals surface area contributed by atoms with Crippen LogP contribution in [0.25, 0.3) is 0 Å². The van der Waals surface area contributed by atoms with E-state index in [9.17, 15) is 4.79 Å². The van der Waals surface area contributed by atoms with Crippen molar-refractivity contribution in [3.8, 4) is 0 Å². The average Bonchev–Trinajstić information content (AvgIpc) is 1.78. The molecule has 0 aliphatic rings. The maximum Gasteiger partial charge on any atom is 0.404 e. The van der Waals surface area contributed by atoms with Crippen molar-refractivity contribution in [2.75, 3.05) is 6.61 Å². The summed E-state index contributed by atoms with van der Waals surface area (Å²) >= 11 is 5.13. The lowest BCUT2D eigenvalue weighted by molar-refractivity contribution is -0.0363. The van der Waals surface area contributed by atoms with Gasteiger partial charge in [0.25, 0.3) is 0 Å². The van der Waals surface area contributed by atoms with Crippen LogP contribution in [0, 0.1) is 0 Å². The Labute approximate surface area is 90.7 Å². The molecule has 84 valence electrons. The SMILES string of the molecule is CC(C)(C)OCCC(C)(C)OC(=O)Cl. The van der Waals surface area contributed by atoms with Gasteiger partial charge in [-0.25, -0.2) is 4.79 Å². The summed E-state index contributed by atoms with van der Waals surface area (Å²) in [5, 5.41) is 0. The Morgan fingerprint density at radius 1 is 1.21 bits per heavy atom. The third-order valence-corrected chi connectivity index (χ3v) is 1.67. The van der Waals surface area contributed by atoms with Gasteiger partial charge in [0.2, 0.25) is 0 Å². The van der Waals surface area contributed by atoms with Crippen LogP contribution in [0.3, 0.4) is 0 Å². The normalized spacial score (nSPS) is 12.7. The summed E-state index contributed by atoms with van der Waals surface area (Å²) in [7, 11) is 0. The second-order valence-electron chi connectivity index (χ2n) is 4.81. The van der Waals surface area contributed by atoms with Gasteiger partial charge < -0.3 is 9.47 Å². The first-order valence-electron chi connectivity index (χ1n) is 4.65. The Balaban J connectivity index is 3.82. The molecule has 0 heterocycles. The van der Waals surface area contributed by atoms with Crippen LogP contribution < -0.4 is 0 Å². The van der Waals surface area contributed by atoms with Gasteiger partial charge in [-0.1, -0.05) is 0 Å². The molecule has 0 aromatic rings. The minimum absolute atomic E-state index is 0.166. The molecule has 0 aliphatic carbocycles. The molecular weight excluding hydrogens is 204 g/mol. The highest BCUT2D eigenvalue weighted by Gasteiger charge is 2.22. The summed E-state index contributed by atoms with van der Waals surface area (Å²) in [6.07, 6.45) is 0.628. The lowest BCUT2D eigenvalue weighted by atomic mass is 10.1. The van der Waals surface area contributed by atoms with Crippen LogP contribution in [0.15, 0.2) is 0 Å². The van der Waals surface area contributed by atoms with E-state index in [2.05, 4.69) is 0 Å². The van der Waals surface area contributed by atoms with E-state index in [1.807, 2.05) is 20.8 Å². The van der Waals surface area contributed by atoms with Crippen molar-refractivity contribution in [3.63, 3.8) is 0 Å². The smallest absolute Gasteiger partial charge is 0.404 e. The molecule has 0 aromatic heterocycles. The third kappa shape index (κ3) is 8.32. The molecule has 0 bridgehead atoms. The minimum atomic E-state index is -0.772. The molecular formula is C10H19ClO3. The fraction of sp³-hybridized carbons (Fsp3) is 0.900. The maximum atomic E-state index is 10.5. The molecule has 0 amide bonds. The zero-order valence-corrected chi connectivity index (χ0v) is 10.3. The minimum Gasteiger partial charge on any atom is -0.448 e. The monoisotopic (exact) mass is 222 g/mol. The van der Waals surface area contributed by atoms with Crippen LogP contribution in [0.4, 0.5) is 4.79 Å². The van der Waals surface area contributed by atoms with Gasteiger partial charge in [0.1, 0.15) is 5.60 Å². The molecule has 0 aliphatic heterocycles. The number of carbonyl (C=O) groups is 1. The van der Waals surface area contributed by atoms with Gasteiger partial charge in [-0.15, -0.1) is 0 Å². The quantitative estimate of drug-likeness (QED) is 0.685. The van der Waals surface area contributed by atoms with Crippen molar-refractivity contribution in [2.24, 2.45) is 0 Å². The first kappa shape index (κ1) is 13.7. The fourth-order valence-electron chi connectivity index (χ4n) is 0.871. The zero-order valence-electron chi connectivity index (χ0n) is 9.52. The first-order chi connectivity index (χ1) is 6.12. The highest BCUT2D eigenvalue weighted by atomic mass is 35.5. The Hall–Kier alpha value is -0.280. The van der Waals surface area contributed by atoms with Gasteiger partial charge in [-0.05, 0) is 34.6 Å². The van der Waals surface area contributed by atoms with E-state index in [1.165, 1.54) is 0 Å². The molecule has 0 unspecified atom stereocenters. The summed E-state index contributed by atoms with van der Waals surface area (Å²) in [5.74, 6) is 0. The molecule has 0 spiro atoms. The highest BCUT2D eigenvalue weighted by Crippen LogP contribution is 2.18. The van der Waals surface area contributed by atoms with Crippen molar-refractivity contribution in [2.45, 2.75) is 52.2 Å². The Kier molecular flexibility index (Phi) is 4.89. The Bertz CT molecular complexity index is 194. The first-order valence-corrected chi connectivity index (χ1v) is 5.03. The summed E-state index contributed by atoms with van der Waals surface area (Å²) in [6.45, 7) is 10.1. The van der Waals surface area contributed by atoms with Crippen LogP contribution in [-0.4, -0.2) is 23.2 Å². The van der Waals surface area contributed by atoms with Crippen molar-refractivity contribution in [3.05, 3.63) is 0 Å². The van der Waals surface area contributed by atoms with Crippen LogP contribution in [0.1, 0.15) is 41.0 Å². The molecule has 0 aromatic carbocycles. The van der Waals surface area contributed by atoms with E-state index < -0.39 is 11.0 Å². The lowest BCUT2D eigenvalue weighted by Crippen LogP contribution is -2.30. The molecule has 0 saturated heterocycles. The molecule has 0 N–H and O–H groups in total. The predicted octanol–water partition coefficient (Wildman–Crippen LogP) is 3.35. The van der Waals surface area contributed by atoms with Gasteiger partial charge in [-0.3, -0.25) is 0 Å². The maximum absolute atomic E-state index is 10.5. The van der Waals surface area contributed by atoms with E-state index in [0.29, 0.717) is 13.0 Å². The van der Waals surface area contributed by atoms with Crippen molar-refractivity contribution < 1.29 is 14.3 Å². The summed E-state index contributed by atoms with van der Waals surface area (Å²) < 4.78 is 10.4. The van der Waals surface area contributed by atoms with Gasteiger partial charge >= 0.3 is 5.43 Å². The van der Waals surface area contributed by atoms with Gasteiger partial charge in [0, 0.05) is 18.0 Å². The Morgan fingerprint density at radius 2 is 1.71 bits per heavy atom. The van der Waals surface area contributed by atoms with E-state index >= 15 is 0 Å². The van der Waals surface area contributed by atoms with Crippen LogP contribution in [-0.2, 0) is 9.47 Å². The van der Waals surface area contributed by atoms with Crippen LogP contribution in [0.5, 0.6) is 0 Å². The van der Waals surface area contributed by atoms with Gasteiger partial charge in [-0.2, -0.15) is 0 Å². The Morgan fingerprint density at radius 3 is 2.07 bits per heavy atom. The molecule has 0 rings (SSSR count). The highest BCUT2D eigenvalue weighted by molar-refractivity contribution is 6.61. The molecule has 4 heteroatoms. The number of rotatable bonds is 4. The number of ether oxygens (including phenoxy) is 2. The van der Waals surface area contributed by atoms with E-state index in [-0.39, 0.29) is 5.60 Å². The summed E-state index contributed by atoms with van der Waals surface area (Å²) in [5.41, 5.74) is -1.50. The van der Waals surface area contributed by atoms with E-state index in [0.717, 1.165) is 0 Å². The molecule has 0 radical (unpaired) electrons. The predicted molar refractivity (Wildman–Crippen MR) is 56.7 cm³/mol. The van der Waals surface area contributed by atoms with Crippen molar-refractivity contribution in [1.82, 2.24) is 0 Å². The standard InChI is InChI=1S/C10H19ClO3/c1-9(2,3)13-7-6-10(4,5)14-8(11)12/h6-7H2,1-5H3.